The predicted molar refractivity (Wildman–Crippen MR) is 68.8 cm³/mol. The smallest absolute Gasteiger partial charge is 0.307 e. The number of phenolic OH excluding ortho intramolecular Hbond substituents is 1. The highest BCUT2D eigenvalue weighted by Gasteiger charge is 2.33. The van der Waals surface area contributed by atoms with Crippen LogP contribution in [0.15, 0.2) is 10.5 Å². The van der Waals surface area contributed by atoms with Gasteiger partial charge in [-0.3, -0.25) is 4.79 Å². The number of phenols is 1. The van der Waals surface area contributed by atoms with Crippen molar-refractivity contribution in [1.82, 2.24) is 5.32 Å². The zero-order valence-corrected chi connectivity index (χ0v) is 11.7. The van der Waals surface area contributed by atoms with Crippen molar-refractivity contribution in [2.75, 3.05) is 13.7 Å². The molecular weight excluding hydrogens is 321 g/mol. The van der Waals surface area contributed by atoms with Gasteiger partial charge in [0.15, 0.2) is 11.5 Å². The quantitative estimate of drug-likeness (QED) is 0.788. The minimum Gasteiger partial charge on any atom is -0.504 e. The fourth-order valence-corrected chi connectivity index (χ4v) is 2.66. The lowest BCUT2D eigenvalue weighted by Gasteiger charge is -2.17. The molecule has 1 aliphatic heterocycles. The van der Waals surface area contributed by atoms with Gasteiger partial charge in [0.05, 0.1) is 17.5 Å². The van der Waals surface area contributed by atoms with E-state index in [1.807, 2.05) is 0 Å². The van der Waals surface area contributed by atoms with Crippen molar-refractivity contribution in [3.05, 3.63) is 21.9 Å². The first kappa shape index (κ1) is 14.1. The minimum absolute atomic E-state index is 0.0655. The molecule has 7 heteroatoms. The molecule has 0 saturated carbocycles. The van der Waals surface area contributed by atoms with Crippen molar-refractivity contribution in [2.45, 2.75) is 12.5 Å². The molecule has 19 heavy (non-hydrogen) atoms. The minimum atomic E-state index is -0.882. The number of aromatic hydroxyl groups is 1. The van der Waals surface area contributed by atoms with Crippen LogP contribution in [0, 0.1) is 11.7 Å². The predicted octanol–water partition coefficient (Wildman–Crippen LogP) is 2.04. The maximum absolute atomic E-state index is 13.9. The number of hydrogen-bond acceptors (Lipinski definition) is 4. The molecular formula is C12H13BrFNO4. The van der Waals surface area contributed by atoms with Gasteiger partial charge in [0, 0.05) is 18.2 Å². The molecule has 3 N–H and O–H groups in total. The van der Waals surface area contributed by atoms with Crippen LogP contribution in [0.2, 0.25) is 0 Å². The maximum Gasteiger partial charge on any atom is 0.307 e. The Morgan fingerprint density at radius 1 is 1.63 bits per heavy atom. The molecule has 0 bridgehead atoms. The Balaban J connectivity index is 2.38. The molecule has 1 fully saturated rings. The summed E-state index contributed by atoms with van der Waals surface area (Å²) >= 11 is 3.06. The van der Waals surface area contributed by atoms with Crippen molar-refractivity contribution in [2.24, 2.45) is 5.92 Å². The summed E-state index contributed by atoms with van der Waals surface area (Å²) < 4.78 is 19.1. The Labute approximate surface area is 117 Å². The number of methoxy groups -OCH3 is 1. The summed E-state index contributed by atoms with van der Waals surface area (Å²) in [5, 5.41) is 21.5. The van der Waals surface area contributed by atoms with Gasteiger partial charge in [0.1, 0.15) is 0 Å². The van der Waals surface area contributed by atoms with E-state index in [1.54, 1.807) is 6.07 Å². The van der Waals surface area contributed by atoms with Gasteiger partial charge in [0.2, 0.25) is 5.82 Å². The van der Waals surface area contributed by atoms with Crippen LogP contribution in [0.4, 0.5) is 4.39 Å². The van der Waals surface area contributed by atoms with Crippen LogP contribution in [0.3, 0.4) is 0 Å². The zero-order valence-electron chi connectivity index (χ0n) is 10.1. The third-order valence-electron chi connectivity index (χ3n) is 3.24. The molecule has 1 saturated heterocycles. The average molecular weight is 334 g/mol. The molecule has 104 valence electrons. The molecule has 0 radical (unpaired) electrons. The van der Waals surface area contributed by atoms with Crippen LogP contribution < -0.4 is 10.1 Å². The summed E-state index contributed by atoms with van der Waals surface area (Å²) in [6.45, 7) is 0.323. The van der Waals surface area contributed by atoms with E-state index >= 15 is 0 Å². The van der Waals surface area contributed by atoms with Gasteiger partial charge in [-0.25, -0.2) is 0 Å². The van der Waals surface area contributed by atoms with E-state index in [-0.39, 0.29) is 16.3 Å². The topological polar surface area (TPSA) is 78.8 Å². The first-order valence-electron chi connectivity index (χ1n) is 5.66. The van der Waals surface area contributed by atoms with Crippen LogP contribution in [-0.4, -0.2) is 29.8 Å². The number of benzene rings is 1. The van der Waals surface area contributed by atoms with Crippen LogP contribution >= 0.6 is 15.9 Å². The highest BCUT2D eigenvalue weighted by Crippen LogP contribution is 2.41. The van der Waals surface area contributed by atoms with Crippen LogP contribution in [0.1, 0.15) is 18.0 Å². The van der Waals surface area contributed by atoms with Crippen molar-refractivity contribution in [3.63, 3.8) is 0 Å². The Hall–Kier alpha value is -1.34. The number of ether oxygens (including phenoxy) is 1. The Bertz CT molecular complexity index is 523. The summed E-state index contributed by atoms with van der Waals surface area (Å²) in [6, 6.07) is 1.22. The molecule has 2 atom stereocenters. The fraction of sp³-hybridized carbons (Fsp3) is 0.417. The van der Waals surface area contributed by atoms with Crippen LogP contribution in [0.25, 0.3) is 0 Å². The molecule has 1 aromatic rings. The SMILES string of the molecule is COc1c(C2CC(C(=O)O)CN2)cc(Br)c(O)c1F. The second-order valence-corrected chi connectivity index (χ2v) is 5.23. The number of carboxylic acids is 1. The van der Waals surface area contributed by atoms with E-state index in [9.17, 15) is 14.3 Å². The first-order chi connectivity index (χ1) is 8.95. The van der Waals surface area contributed by atoms with E-state index in [1.165, 1.54) is 7.11 Å². The number of rotatable bonds is 3. The molecule has 1 heterocycles. The molecule has 2 rings (SSSR count). The number of aliphatic carboxylic acids is 1. The highest BCUT2D eigenvalue weighted by atomic mass is 79.9. The summed E-state index contributed by atoms with van der Waals surface area (Å²) in [5.41, 5.74) is 0.494. The lowest BCUT2D eigenvalue weighted by molar-refractivity contribution is -0.141. The first-order valence-corrected chi connectivity index (χ1v) is 6.46. The van der Waals surface area contributed by atoms with Crippen molar-refractivity contribution in [1.29, 1.82) is 0 Å². The van der Waals surface area contributed by atoms with E-state index in [0.29, 0.717) is 18.5 Å². The van der Waals surface area contributed by atoms with Crippen molar-refractivity contribution >= 4 is 21.9 Å². The van der Waals surface area contributed by atoms with E-state index in [2.05, 4.69) is 21.2 Å². The maximum atomic E-state index is 13.9. The van der Waals surface area contributed by atoms with E-state index in [0.717, 1.165) is 0 Å². The monoisotopic (exact) mass is 333 g/mol. The molecule has 0 spiro atoms. The van der Waals surface area contributed by atoms with Crippen LogP contribution in [-0.2, 0) is 4.79 Å². The van der Waals surface area contributed by atoms with Gasteiger partial charge < -0.3 is 20.3 Å². The largest absolute Gasteiger partial charge is 0.504 e. The fourth-order valence-electron chi connectivity index (χ4n) is 2.24. The summed E-state index contributed by atoms with van der Waals surface area (Å²) in [7, 11) is 1.30. The normalized spacial score (nSPS) is 22.5. The summed E-state index contributed by atoms with van der Waals surface area (Å²) in [5.74, 6) is -2.83. The second kappa shape index (κ2) is 5.34. The summed E-state index contributed by atoms with van der Waals surface area (Å²) in [4.78, 5) is 10.9. The molecule has 2 unspecified atom stereocenters. The molecule has 1 aromatic carbocycles. The third-order valence-corrected chi connectivity index (χ3v) is 3.84. The number of carboxylic acid groups (broad SMARTS) is 1. The number of nitrogens with one attached hydrogen (secondary N) is 1. The Morgan fingerprint density at radius 2 is 2.32 bits per heavy atom. The standard InChI is InChI=1S/C12H13BrFNO4/c1-19-11-6(3-7(13)10(16)9(11)14)8-2-5(4-15-8)12(17)18/h3,5,8,15-16H,2,4H2,1H3,(H,17,18). The lowest BCUT2D eigenvalue weighted by Crippen LogP contribution is -2.17. The average Bonchev–Trinajstić information content (AvgIpc) is 2.85. The van der Waals surface area contributed by atoms with E-state index < -0.39 is 23.5 Å². The van der Waals surface area contributed by atoms with Gasteiger partial charge in [-0.15, -0.1) is 0 Å². The Morgan fingerprint density at radius 3 is 2.84 bits per heavy atom. The van der Waals surface area contributed by atoms with Crippen LogP contribution in [0.5, 0.6) is 11.5 Å². The zero-order chi connectivity index (χ0) is 14.2. The van der Waals surface area contributed by atoms with Gasteiger partial charge in [0.25, 0.3) is 0 Å². The molecule has 0 aliphatic carbocycles. The van der Waals surface area contributed by atoms with Gasteiger partial charge in [-0.2, -0.15) is 4.39 Å². The van der Waals surface area contributed by atoms with Gasteiger partial charge >= 0.3 is 5.97 Å². The number of carbonyl (C=O) groups is 1. The van der Waals surface area contributed by atoms with Gasteiger partial charge in [-0.1, -0.05) is 0 Å². The molecule has 0 amide bonds. The molecule has 1 aliphatic rings. The number of hydrogen-bond donors (Lipinski definition) is 3. The van der Waals surface area contributed by atoms with Crippen molar-refractivity contribution in [3.8, 4) is 11.5 Å². The van der Waals surface area contributed by atoms with Gasteiger partial charge in [-0.05, 0) is 28.4 Å². The second-order valence-electron chi connectivity index (χ2n) is 4.38. The number of halogens is 2. The molecule has 0 aromatic heterocycles. The van der Waals surface area contributed by atoms with Crippen molar-refractivity contribution < 1.29 is 24.1 Å². The third kappa shape index (κ3) is 2.52. The Kier molecular flexibility index (Phi) is 3.96. The van der Waals surface area contributed by atoms with E-state index in [4.69, 9.17) is 9.84 Å². The summed E-state index contributed by atoms with van der Waals surface area (Å²) in [6.07, 6.45) is 0.350. The lowest BCUT2D eigenvalue weighted by atomic mass is 9.99. The highest BCUT2D eigenvalue weighted by molar-refractivity contribution is 9.10. The molecule has 5 nitrogen and oxygen atoms in total.